The Bertz CT molecular complexity index is 252. The number of hydrogen-bond acceptors (Lipinski definition) is 3. The van der Waals surface area contributed by atoms with Crippen LogP contribution < -0.4 is 11.1 Å². The maximum Gasteiger partial charge on any atom is 0.0388 e. The highest BCUT2D eigenvalue weighted by Gasteiger charge is 2.26. The summed E-state index contributed by atoms with van der Waals surface area (Å²) in [4.78, 5) is 1.42. The molecule has 72 valence electrons. The van der Waals surface area contributed by atoms with E-state index < -0.39 is 0 Å². The summed E-state index contributed by atoms with van der Waals surface area (Å²) in [5.41, 5.74) is 5.73. The van der Waals surface area contributed by atoms with Gasteiger partial charge in [-0.15, -0.1) is 11.3 Å². The molecule has 3 heteroatoms. The molecule has 0 radical (unpaired) electrons. The molecule has 0 bridgehead atoms. The smallest absolute Gasteiger partial charge is 0.0388 e. The molecule has 0 amide bonds. The second-order valence-corrected chi connectivity index (χ2v) is 4.81. The van der Waals surface area contributed by atoms with Crippen molar-refractivity contribution in [2.45, 2.75) is 37.9 Å². The zero-order valence-corrected chi connectivity index (χ0v) is 8.68. The Morgan fingerprint density at radius 2 is 2.38 bits per heavy atom. The van der Waals surface area contributed by atoms with Crippen LogP contribution in [0.15, 0.2) is 17.5 Å². The predicted molar refractivity (Wildman–Crippen MR) is 56.9 cm³/mol. The Kier molecular flexibility index (Phi) is 2.67. The molecule has 0 aliphatic heterocycles. The van der Waals surface area contributed by atoms with Gasteiger partial charge in [0.15, 0.2) is 0 Å². The molecule has 0 aromatic carbocycles. The Balaban J connectivity index is 1.82. The molecular formula is C10H16N2S. The molecule has 1 fully saturated rings. The van der Waals surface area contributed by atoms with Crippen LogP contribution in [-0.2, 0) is 0 Å². The molecule has 1 aliphatic carbocycles. The Morgan fingerprint density at radius 3 is 2.92 bits per heavy atom. The maximum absolute atomic E-state index is 5.73. The van der Waals surface area contributed by atoms with Gasteiger partial charge >= 0.3 is 0 Å². The molecular weight excluding hydrogens is 180 g/mol. The third kappa shape index (κ3) is 2.10. The van der Waals surface area contributed by atoms with Crippen LogP contribution in [0.3, 0.4) is 0 Å². The Labute approximate surface area is 83.1 Å². The number of hydrogen-bond donors (Lipinski definition) is 2. The van der Waals surface area contributed by atoms with Gasteiger partial charge in [0.2, 0.25) is 0 Å². The lowest BCUT2D eigenvalue weighted by molar-refractivity contribution is 0.273. The van der Waals surface area contributed by atoms with Gasteiger partial charge in [-0.25, -0.2) is 0 Å². The first-order valence-corrected chi connectivity index (χ1v) is 5.68. The van der Waals surface area contributed by atoms with Crippen molar-refractivity contribution >= 4 is 11.3 Å². The molecule has 0 unspecified atom stereocenters. The molecule has 0 spiro atoms. The highest BCUT2D eigenvalue weighted by molar-refractivity contribution is 7.10. The standard InChI is InChI=1S/C10H16N2S/c1-7(10-3-2-4-13-10)12-9-5-8(11)6-9/h2-4,7-9,12H,5-6,11H2,1H3/t7-,8?,9?/m0/s1. The van der Waals surface area contributed by atoms with Crippen LogP contribution in [0, 0.1) is 0 Å². The van der Waals surface area contributed by atoms with Crippen molar-refractivity contribution in [3.8, 4) is 0 Å². The molecule has 1 aromatic heterocycles. The molecule has 1 saturated carbocycles. The van der Waals surface area contributed by atoms with Crippen molar-refractivity contribution in [1.82, 2.24) is 5.32 Å². The summed E-state index contributed by atoms with van der Waals surface area (Å²) in [5, 5.41) is 5.70. The lowest BCUT2D eigenvalue weighted by Crippen LogP contribution is -2.48. The average molecular weight is 196 g/mol. The minimum absolute atomic E-state index is 0.438. The minimum Gasteiger partial charge on any atom is -0.328 e. The lowest BCUT2D eigenvalue weighted by atomic mass is 9.87. The van der Waals surface area contributed by atoms with Crippen LogP contribution in [0.2, 0.25) is 0 Å². The summed E-state index contributed by atoms with van der Waals surface area (Å²) in [6, 6.07) is 5.85. The molecule has 1 atom stereocenters. The van der Waals surface area contributed by atoms with Crippen LogP contribution in [-0.4, -0.2) is 12.1 Å². The largest absolute Gasteiger partial charge is 0.328 e. The predicted octanol–water partition coefficient (Wildman–Crippen LogP) is 1.89. The maximum atomic E-state index is 5.73. The third-order valence-corrected chi connectivity index (χ3v) is 3.69. The van der Waals surface area contributed by atoms with Crippen molar-refractivity contribution < 1.29 is 0 Å². The Morgan fingerprint density at radius 1 is 1.62 bits per heavy atom. The molecule has 1 heterocycles. The zero-order valence-electron chi connectivity index (χ0n) is 7.86. The van der Waals surface area contributed by atoms with Gasteiger partial charge in [0.05, 0.1) is 0 Å². The third-order valence-electron chi connectivity index (χ3n) is 2.63. The zero-order chi connectivity index (χ0) is 9.26. The lowest BCUT2D eigenvalue weighted by Gasteiger charge is -2.35. The normalized spacial score (nSPS) is 29.7. The van der Waals surface area contributed by atoms with Crippen molar-refractivity contribution in [3.05, 3.63) is 22.4 Å². The monoisotopic (exact) mass is 196 g/mol. The van der Waals surface area contributed by atoms with Gasteiger partial charge in [-0.05, 0) is 31.2 Å². The molecule has 13 heavy (non-hydrogen) atoms. The van der Waals surface area contributed by atoms with Gasteiger partial charge in [0.1, 0.15) is 0 Å². The van der Waals surface area contributed by atoms with E-state index in [1.165, 1.54) is 4.88 Å². The van der Waals surface area contributed by atoms with E-state index in [9.17, 15) is 0 Å². The molecule has 2 rings (SSSR count). The van der Waals surface area contributed by atoms with Crippen LogP contribution in [0.5, 0.6) is 0 Å². The first-order valence-electron chi connectivity index (χ1n) is 4.80. The van der Waals surface area contributed by atoms with E-state index in [0.717, 1.165) is 12.8 Å². The number of nitrogens with one attached hydrogen (secondary N) is 1. The summed E-state index contributed by atoms with van der Waals surface area (Å²) in [5.74, 6) is 0. The van der Waals surface area contributed by atoms with E-state index in [2.05, 4.69) is 29.8 Å². The van der Waals surface area contributed by atoms with E-state index in [4.69, 9.17) is 5.73 Å². The first-order chi connectivity index (χ1) is 6.25. The van der Waals surface area contributed by atoms with E-state index in [0.29, 0.717) is 18.1 Å². The van der Waals surface area contributed by atoms with E-state index >= 15 is 0 Å². The number of nitrogens with two attached hydrogens (primary N) is 1. The summed E-state index contributed by atoms with van der Waals surface area (Å²) >= 11 is 1.81. The van der Waals surface area contributed by atoms with Gasteiger partial charge in [-0.3, -0.25) is 0 Å². The molecule has 1 aromatic rings. The summed E-state index contributed by atoms with van der Waals surface area (Å²) in [7, 11) is 0. The summed E-state index contributed by atoms with van der Waals surface area (Å²) in [6.07, 6.45) is 2.27. The molecule has 3 N–H and O–H groups in total. The van der Waals surface area contributed by atoms with E-state index in [1.807, 2.05) is 11.3 Å². The highest BCUT2D eigenvalue weighted by Crippen LogP contribution is 2.24. The fourth-order valence-corrected chi connectivity index (χ4v) is 2.51. The van der Waals surface area contributed by atoms with Crippen molar-refractivity contribution in [1.29, 1.82) is 0 Å². The Hall–Kier alpha value is -0.380. The van der Waals surface area contributed by atoms with Gasteiger partial charge in [0, 0.05) is 23.0 Å². The highest BCUT2D eigenvalue weighted by atomic mass is 32.1. The second-order valence-electron chi connectivity index (χ2n) is 3.83. The van der Waals surface area contributed by atoms with Gasteiger partial charge in [0.25, 0.3) is 0 Å². The first kappa shape index (κ1) is 9.19. The van der Waals surface area contributed by atoms with Crippen molar-refractivity contribution in [2.24, 2.45) is 5.73 Å². The fraction of sp³-hybridized carbons (Fsp3) is 0.600. The van der Waals surface area contributed by atoms with Crippen LogP contribution >= 0.6 is 11.3 Å². The van der Waals surface area contributed by atoms with Gasteiger partial charge in [-0.1, -0.05) is 6.07 Å². The second kappa shape index (κ2) is 3.78. The van der Waals surface area contributed by atoms with Crippen LogP contribution in [0.25, 0.3) is 0 Å². The molecule has 2 nitrogen and oxygen atoms in total. The topological polar surface area (TPSA) is 38.0 Å². The van der Waals surface area contributed by atoms with Crippen LogP contribution in [0.1, 0.15) is 30.7 Å². The quantitative estimate of drug-likeness (QED) is 0.774. The summed E-state index contributed by atoms with van der Waals surface area (Å²) < 4.78 is 0. The van der Waals surface area contributed by atoms with Gasteiger partial charge in [-0.2, -0.15) is 0 Å². The molecule has 0 saturated heterocycles. The average Bonchev–Trinajstić information content (AvgIpc) is 2.53. The SMILES string of the molecule is C[C@H](NC1CC(N)C1)c1cccs1. The number of thiophene rings is 1. The van der Waals surface area contributed by atoms with E-state index in [-0.39, 0.29) is 0 Å². The molecule has 1 aliphatic rings. The van der Waals surface area contributed by atoms with Crippen molar-refractivity contribution in [2.75, 3.05) is 0 Å². The summed E-state index contributed by atoms with van der Waals surface area (Å²) in [6.45, 7) is 2.22. The number of rotatable bonds is 3. The van der Waals surface area contributed by atoms with Gasteiger partial charge < -0.3 is 11.1 Å². The van der Waals surface area contributed by atoms with E-state index in [1.54, 1.807) is 0 Å². The van der Waals surface area contributed by atoms with Crippen molar-refractivity contribution in [3.63, 3.8) is 0 Å². The minimum atomic E-state index is 0.438. The fourth-order valence-electron chi connectivity index (χ4n) is 1.77. The van der Waals surface area contributed by atoms with Crippen LogP contribution in [0.4, 0.5) is 0 Å².